The van der Waals surface area contributed by atoms with Crippen molar-refractivity contribution in [3.8, 4) is 0 Å². The highest BCUT2D eigenvalue weighted by Gasteiger charge is 2.51. The number of hydrogen-bond donors (Lipinski definition) is 2. The average Bonchev–Trinajstić information content (AvgIpc) is 3.14. The normalized spacial score (nSPS) is 17.4. The molecular formula is C14H15BrFNO3. The van der Waals surface area contributed by atoms with Crippen LogP contribution in [0.25, 0.3) is 0 Å². The number of amides is 1. The second-order valence-electron chi connectivity index (χ2n) is 5.23. The predicted octanol–water partition coefficient (Wildman–Crippen LogP) is 2.50. The maximum Gasteiger partial charge on any atom is 0.329 e. The lowest BCUT2D eigenvalue weighted by Crippen LogP contribution is -2.45. The van der Waals surface area contributed by atoms with Gasteiger partial charge in [0.1, 0.15) is 11.4 Å². The number of benzene rings is 1. The molecule has 0 radical (unpaired) electrons. The SMILES string of the molecule is CC(Cc1ccc(F)c(Br)c1)C(=O)NC1(C(=O)O)CC1. The molecule has 6 heteroatoms. The predicted molar refractivity (Wildman–Crippen MR) is 74.7 cm³/mol. The van der Waals surface area contributed by atoms with Crippen molar-refractivity contribution in [2.24, 2.45) is 5.92 Å². The van der Waals surface area contributed by atoms with Crippen molar-refractivity contribution in [2.45, 2.75) is 31.7 Å². The van der Waals surface area contributed by atoms with E-state index in [0.29, 0.717) is 23.7 Å². The first-order valence-corrected chi connectivity index (χ1v) is 7.13. The van der Waals surface area contributed by atoms with E-state index >= 15 is 0 Å². The van der Waals surface area contributed by atoms with Crippen LogP contribution in [0.5, 0.6) is 0 Å². The molecule has 1 amide bonds. The molecule has 1 aromatic rings. The third-order valence-electron chi connectivity index (χ3n) is 3.50. The van der Waals surface area contributed by atoms with E-state index in [2.05, 4.69) is 21.2 Å². The van der Waals surface area contributed by atoms with Gasteiger partial charge in [-0.05, 0) is 52.9 Å². The third kappa shape index (κ3) is 3.17. The van der Waals surface area contributed by atoms with Crippen LogP contribution in [0, 0.1) is 11.7 Å². The summed E-state index contributed by atoms with van der Waals surface area (Å²) in [7, 11) is 0. The van der Waals surface area contributed by atoms with E-state index in [-0.39, 0.29) is 17.6 Å². The van der Waals surface area contributed by atoms with E-state index in [4.69, 9.17) is 5.11 Å². The maximum absolute atomic E-state index is 13.1. The molecule has 0 aromatic heterocycles. The third-order valence-corrected chi connectivity index (χ3v) is 4.10. The zero-order chi connectivity index (χ0) is 14.9. The van der Waals surface area contributed by atoms with Crippen molar-refractivity contribution in [3.63, 3.8) is 0 Å². The Morgan fingerprint density at radius 3 is 2.65 bits per heavy atom. The summed E-state index contributed by atoms with van der Waals surface area (Å²) in [5, 5.41) is 11.6. The van der Waals surface area contributed by atoms with Crippen LogP contribution >= 0.6 is 15.9 Å². The minimum atomic E-state index is -1.06. The Morgan fingerprint density at radius 1 is 1.50 bits per heavy atom. The lowest BCUT2D eigenvalue weighted by atomic mass is 10.00. The summed E-state index contributed by atoms with van der Waals surface area (Å²) in [5.41, 5.74) is -0.240. The summed E-state index contributed by atoms with van der Waals surface area (Å²) in [5.74, 6) is -1.99. The summed E-state index contributed by atoms with van der Waals surface area (Å²) >= 11 is 3.10. The van der Waals surface area contributed by atoms with Gasteiger partial charge in [-0.1, -0.05) is 13.0 Å². The van der Waals surface area contributed by atoms with Gasteiger partial charge in [-0.3, -0.25) is 4.79 Å². The summed E-state index contributed by atoms with van der Waals surface area (Å²) < 4.78 is 13.5. The minimum Gasteiger partial charge on any atom is -0.480 e. The summed E-state index contributed by atoms with van der Waals surface area (Å²) in [6.45, 7) is 1.73. The van der Waals surface area contributed by atoms with Crippen LogP contribution in [-0.4, -0.2) is 22.5 Å². The molecule has 0 heterocycles. The number of carbonyl (C=O) groups is 2. The molecule has 2 rings (SSSR count). The van der Waals surface area contributed by atoms with E-state index in [9.17, 15) is 14.0 Å². The smallest absolute Gasteiger partial charge is 0.329 e. The number of hydrogen-bond acceptors (Lipinski definition) is 2. The van der Waals surface area contributed by atoms with Crippen LogP contribution in [0.3, 0.4) is 0 Å². The topological polar surface area (TPSA) is 66.4 Å². The Bertz CT molecular complexity index is 557. The number of carbonyl (C=O) groups excluding carboxylic acids is 1. The van der Waals surface area contributed by atoms with Crippen molar-refractivity contribution in [1.82, 2.24) is 5.32 Å². The number of aliphatic carboxylic acids is 1. The molecule has 1 fully saturated rings. The van der Waals surface area contributed by atoms with Crippen molar-refractivity contribution in [2.75, 3.05) is 0 Å². The fourth-order valence-electron chi connectivity index (χ4n) is 1.99. The molecule has 1 aromatic carbocycles. The van der Waals surface area contributed by atoms with Crippen LogP contribution < -0.4 is 5.32 Å². The molecular weight excluding hydrogens is 329 g/mol. The molecule has 0 aliphatic heterocycles. The number of carboxylic acid groups (broad SMARTS) is 1. The number of rotatable bonds is 5. The lowest BCUT2D eigenvalue weighted by Gasteiger charge is -2.17. The molecule has 1 unspecified atom stereocenters. The number of nitrogens with one attached hydrogen (secondary N) is 1. The molecule has 0 saturated heterocycles. The second-order valence-corrected chi connectivity index (χ2v) is 6.08. The first-order chi connectivity index (χ1) is 9.34. The molecule has 1 saturated carbocycles. The standard InChI is InChI=1S/C14H15BrFNO3/c1-8(6-9-2-3-11(16)10(15)7-9)12(18)17-14(4-5-14)13(19)20/h2-3,7-8H,4-6H2,1H3,(H,17,18)(H,19,20). The minimum absolute atomic E-state index is 0.287. The zero-order valence-corrected chi connectivity index (χ0v) is 12.5. The highest BCUT2D eigenvalue weighted by Crippen LogP contribution is 2.35. The van der Waals surface area contributed by atoms with E-state index < -0.39 is 11.5 Å². The Kier molecular flexibility index (Phi) is 4.13. The van der Waals surface area contributed by atoms with Gasteiger partial charge in [0.25, 0.3) is 0 Å². The van der Waals surface area contributed by atoms with Gasteiger partial charge in [-0.25, -0.2) is 9.18 Å². The van der Waals surface area contributed by atoms with Crippen molar-refractivity contribution < 1.29 is 19.1 Å². The van der Waals surface area contributed by atoms with Crippen LogP contribution in [0.2, 0.25) is 0 Å². The molecule has 4 nitrogen and oxygen atoms in total. The van der Waals surface area contributed by atoms with Gasteiger partial charge in [-0.2, -0.15) is 0 Å². The molecule has 20 heavy (non-hydrogen) atoms. The quantitative estimate of drug-likeness (QED) is 0.863. The summed E-state index contributed by atoms with van der Waals surface area (Å²) in [6, 6.07) is 4.58. The molecule has 1 atom stereocenters. The van der Waals surface area contributed by atoms with Gasteiger partial charge in [0.05, 0.1) is 4.47 Å². The summed E-state index contributed by atoms with van der Waals surface area (Å²) in [4.78, 5) is 23.0. The van der Waals surface area contributed by atoms with E-state index in [0.717, 1.165) is 5.56 Å². The Labute approximate surface area is 124 Å². The van der Waals surface area contributed by atoms with E-state index in [1.54, 1.807) is 19.1 Å². The van der Waals surface area contributed by atoms with Gasteiger partial charge in [0, 0.05) is 5.92 Å². The van der Waals surface area contributed by atoms with Crippen LogP contribution in [0.15, 0.2) is 22.7 Å². The zero-order valence-electron chi connectivity index (χ0n) is 11.0. The highest BCUT2D eigenvalue weighted by molar-refractivity contribution is 9.10. The van der Waals surface area contributed by atoms with Crippen molar-refractivity contribution in [1.29, 1.82) is 0 Å². The fraction of sp³-hybridized carbons (Fsp3) is 0.429. The molecule has 2 N–H and O–H groups in total. The Hall–Kier alpha value is -1.43. The monoisotopic (exact) mass is 343 g/mol. The highest BCUT2D eigenvalue weighted by atomic mass is 79.9. The van der Waals surface area contributed by atoms with E-state index in [1.807, 2.05) is 0 Å². The maximum atomic E-state index is 13.1. The van der Waals surface area contributed by atoms with Gasteiger partial charge in [-0.15, -0.1) is 0 Å². The van der Waals surface area contributed by atoms with Crippen molar-refractivity contribution in [3.05, 3.63) is 34.1 Å². The number of halogens is 2. The van der Waals surface area contributed by atoms with Crippen LogP contribution in [0.1, 0.15) is 25.3 Å². The first-order valence-electron chi connectivity index (χ1n) is 6.33. The van der Waals surface area contributed by atoms with Gasteiger partial charge in [0.2, 0.25) is 5.91 Å². The summed E-state index contributed by atoms with van der Waals surface area (Å²) in [6.07, 6.45) is 1.38. The van der Waals surface area contributed by atoms with Crippen molar-refractivity contribution >= 4 is 27.8 Å². The van der Waals surface area contributed by atoms with Gasteiger partial charge in [0.15, 0.2) is 0 Å². The first kappa shape index (κ1) is 15.0. The molecule has 0 spiro atoms. The largest absolute Gasteiger partial charge is 0.480 e. The van der Waals surface area contributed by atoms with Crippen LogP contribution in [-0.2, 0) is 16.0 Å². The van der Waals surface area contributed by atoms with Gasteiger partial charge >= 0.3 is 5.97 Å². The second kappa shape index (κ2) is 5.52. The van der Waals surface area contributed by atoms with Gasteiger partial charge < -0.3 is 10.4 Å². The lowest BCUT2D eigenvalue weighted by molar-refractivity contribution is -0.143. The average molecular weight is 344 g/mol. The molecule has 108 valence electrons. The molecule has 1 aliphatic rings. The fourth-order valence-corrected chi connectivity index (χ4v) is 2.42. The van der Waals surface area contributed by atoms with Crippen LogP contribution in [0.4, 0.5) is 4.39 Å². The molecule has 0 bridgehead atoms. The Balaban J connectivity index is 1.97. The van der Waals surface area contributed by atoms with E-state index in [1.165, 1.54) is 6.07 Å². The molecule has 1 aliphatic carbocycles. The Morgan fingerprint density at radius 2 is 2.15 bits per heavy atom. The number of carboxylic acids is 1.